The topological polar surface area (TPSA) is 58.4 Å². The number of carbonyl (C=O) groups is 1. The third kappa shape index (κ3) is 4.04. The summed E-state index contributed by atoms with van der Waals surface area (Å²) in [5, 5.41) is 0. The number of likely N-dealkylation sites (N-methyl/N-ethyl adjacent to an activating group) is 1. The fraction of sp³-hybridized carbons (Fsp3) is 0.458. The molecule has 1 saturated heterocycles. The van der Waals surface area contributed by atoms with Crippen molar-refractivity contribution in [2.75, 3.05) is 38.1 Å². The minimum atomic E-state index is -0.107. The highest BCUT2D eigenvalue weighted by Crippen LogP contribution is 2.31. The predicted molar refractivity (Wildman–Crippen MR) is 126 cm³/mol. The van der Waals surface area contributed by atoms with Crippen LogP contribution in [0, 0.1) is 5.92 Å². The van der Waals surface area contributed by atoms with Crippen molar-refractivity contribution >= 4 is 33.0 Å². The van der Waals surface area contributed by atoms with E-state index in [0.29, 0.717) is 15.1 Å². The first-order valence-corrected chi connectivity index (χ1v) is 12.0. The molecule has 0 amide bonds. The molecule has 7 heteroatoms. The molecule has 31 heavy (non-hydrogen) atoms. The third-order valence-electron chi connectivity index (χ3n) is 6.62. The molecule has 1 aromatic carbocycles. The van der Waals surface area contributed by atoms with E-state index in [1.807, 2.05) is 12.1 Å². The van der Waals surface area contributed by atoms with Crippen molar-refractivity contribution in [3.05, 3.63) is 51.9 Å². The highest BCUT2D eigenvalue weighted by atomic mass is 32.1. The van der Waals surface area contributed by atoms with Gasteiger partial charge in [0.25, 0.3) is 5.56 Å². The summed E-state index contributed by atoms with van der Waals surface area (Å²) in [6.45, 7) is 4.24. The summed E-state index contributed by atoms with van der Waals surface area (Å²) in [5.41, 5.74) is 2.50. The summed E-state index contributed by atoms with van der Waals surface area (Å²) < 4.78 is 2.14. The van der Waals surface area contributed by atoms with Crippen LogP contribution in [-0.4, -0.2) is 53.5 Å². The second-order valence-corrected chi connectivity index (χ2v) is 9.80. The van der Waals surface area contributed by atoms with E-state index in [1.165, 1.54) is 17.0 Å². The first-order chi connectivity index (χ1) is 15.1. The fourth-order valence-corrected chi connectivity index (χ4v) is 5.80. The molecular formula is C24H28N4O2S. The molecule has 0 radical (unpaired) electrons. The van der Waals surface area contributed by atoms with Crippen LogP contribution in [0.15, 0.2) is 41.5 Å². The number of rotatable bonds is 4. The van der Waals surface area contributed by atoms with Crippen molar-refractivity contribution in [1.82, 2.24) is 14.5 Å². The van der Waals surface area contributed by atoms with Gasteiger partial charge in [-0.2, -0.15) is 0 Å². The van der Waals surface area contributed by atoms with Gasteiger partial charge in [-0.15, -0.1) is 11.3 Å². The van der Waals surface area contributed by atoms with Gasteiger partial charge in [0.15, 0.2) is 5.78 Å². The van der Waals surface area contributed by atoms with Gasteiger partial charge in [-0.25, -0.2) is 4.98 Å². The number of carbonyl (C=O) groups excluding carboxylic acids is 1. The van der Waals surface area contributed by atoms with Crippen LogP contribution >= 0.6 is 11.3 Å². The maximum atomic E-state index is 13.2. The smallest absolute Gasteiger partial charge is 0.275 e. The van der Waals surface area contributed by atoms with E-state index in [1.54, 1.807) is 17.0 Å². The number of fused-ring (bicyclic) bond motifs is 1. The maximum Gasteiger partial charge on any atom is 0.275 e. The van der Waals surface area contributed by atoms with Crippen molar-refractivity contribution < 1.29 is 4.79 Å². The van der Waals surface area contributed by atoms with Crippen molar-refractivity contribution in [2.45, 2.75) is 32.1 Å². The van der Waals surface area contributed by atoms with Crippen LogP contribution in [0.3, 0.4) is 0 Å². The number of aromatic nitrogens is 2. The zero-order chi connectivity index (χ0) is 21.4. The van der Waals surface area contributed by atoms with Crippen LogP contribution in [-0.2, 0) is 0 Å². The monoisotopic (exact) mass is 436 g/mol. The minimum absolute atomic E-state index is 0.107. The second-order valence-electron chi connectivity index (χ2n) is 8.75. The van der Waals surface area contributed by atoms with Crippen LogP contribution in [0.2, 0.25) is 0 Å². The summed E-state index contributed by atoms with van der Waals surface area (Å²) in [5.74, 6) is 0.292. The molecule has 2 aromatic heterocycles. The van der Waals surface area contributed by atoms with E-state index in [4.69, 9.17) is 0 Å². The highest BCUT2D eigenvalue weighted by Gasteiger charge is 2.26. The lowest BCUT2D eigenvalue weighted by molar-refractivity contribution is 0.0927. The third-order valence-corrected chi connectivity index (χ3v) is 7.75. The molecular weight excluding hydrogens is 408 g/mol. The Morgan fingerprint density at radius 3 is 2.52 bits per heavy atom. The van der Waals surface area contributed by atoms with E-state index in [9.17, 15) is 9.59 Å². The van der Waals surface area contributed by atoms with Gasteiger partial charge in [0, 0.05) is 31.2 Å². The molecule has 3 heterocycles. The van der Waals surface area contributed by atoms with E-state index < -0.39 is 0 Å². The Hall–Kier alpha value is -2.51. The Kier molecular flexibility index (Phi) is 5.63. The molecule has 0 atom stereocenters. The Morgan fingerprint density at radius 1 is 1.00 bits per heavy atom. The van der Waals surface area contributed by atoms with Crippen LogP contribution in [0.1, 0.15) is 41.8 Å². The number of hydrogen-bond acceptors (Lipinski definition) is 6. The number of benzene rings is 1. The zero-order valence-electron chi connectivity index (χ0n) is 17.9. The Balaban J connectivity index is 1.41. The number of thiophene rings is 1. The predicted octanol–water partition coefficient (Wildman–Crippen LogP) is 3.96. The molecule has 0 bridgehead atoms. The van der Waals surface area contributed by atoms with Gasteiger partial charge in [-0.1, -0.05) is 12.8 Å². The Bertz CT molecular complexity index is 1140. The molecule has 0 spiro atoms. The molecule has 162 valence electrons. The molecule has 1 saturated carbocycles. The first-order valence-electron chi connectivity index (χ1n) is 11.2. The Labute approximate surface area is 186 Å². The number of ketones is 1. The Morgan fingerprint density at radius 2 is 1.74 bits per heavy atom. The van der Waals surface area contributed by atoms with Crippen LogP contribution in [0.25, 0.3) is 15.9 Å². The van der Waals surface area contributed by atoms with Crippen LogP contribution in [0.5, 0.6) is 0 Å². The van der Waals surface area contributed by atoms with Crippen LogP contribution in [0.4, 0.5) is 5.69 Å². The highest BCUT2D eigenvalue weighted by molar-refractivity contribution is 7.20. The van der Waals surface area contributed by atoms with E-state index >= 15 is 0 Å². The van der Waals surface area contributed by atoms with Gasteiger partial charge in [-0.05, 0) is 63.2 Å². The molecule has 1 aliphatic heterocycles. The van der Waals surface area contributed by atoms with E-state index in [0.717, 1.165) is 64.0 Å². The lowest BCUT2D eigenvalue weighted by atomic mass is 10.0. The minimum Gasteiger partial charge on any atom is -0.370 e. The van der Waals surface area contributed by atoms with E-state index in [-0.39, 0.29) is 17.3 Å². The molecule has 6 nitrogen and oxygen atoms in total. The van der Waals surface area contributed by atoms with Crippen molar-refractivity contribution in [3.8, 4) is 5.69 Å². The molecule has 0 unspecified atom stereocenters. The summed E-state index contributed by atoms with van der Waals surface area (Å²) in [6.07, 6.45) is 6.90. The van der Waals surface area contributed by atoms with Gasteiger partial charge in [0.2, 0.25) is 0 Å². The SMILES string of the molecule is CN1CCCN(c2ccc(-n3cnc4cc(C(=O)C5CCCC5)sc4c3=O)cc2)CC1. The molecule has 2 aliphatic rings. The summed E-state index contributed by atoms with van der Waals surface area (Å²) in [6, 6.07) is 9.93. The summed E-state index contributed by atoms with van der Waals surface area (Å²) >= 11 is 1.30. The summed E-state index contributed by atoms with van der Waals surface area (Å²) in [4.78, 5) is 35.9. The molecule has 2 fully saturated rings. The lowest BCUT2D eigenvalue weighted by Crippen LogP contribution is -2.28. The molecule has 0 N–H and O–H groups in total. The van der Waals surface area contributed by atoms with Gasteiger partial charge in [0.1, 0.15) is 11.0 Å². The van der Waals surface area contributed by atoms with Crippen molar-refractivity contribution in [1.29, 1.82) is 0 Å². The average Bonchev–Trinajstić information content (AvgIpc) is 3.42. The largest absolute Gasteiger partial charge is 0.370 e. The van der Waals surface area contributed by atoms with Gasteiger partial charge in [-0.3, -0.25) is 14.2 Å². The average molecular weight is 437 g/mol. The van der Waals surface area contributed by atoms with Crippen molar-refractivity contribution in [3.63, 3.8) is 0 Å². The normalized spacial score (nSPS) is 18.5. The molecule has 1 aliphatic carbocycles. The van der Waals surface area contributed by atoms with Crippen LogP contribution < -0.4 is 10.5 Å². The van der Waals surface area contributed by atoms with E-state index in [2.05, 4.69) is 34.0 Å². The maximum absolute atomic E-state index is 13.2. The second kappa shape index (κ2) is 8.55. The quantitative estimate of drug-likeness (QED) is 0.580. The number of Topliss-reactive ketones (excluding diaryl/α,β-unsaturated/α-hetero) is 1. The molecule has 3 aromatic rings. The number of hydrogen-bond donors (Lipinski definition) is 0. The zero-order valence-corrected chi connectivity index (χ0v) is 18.7. The lowest BCUT2D eigenvalue weighted by Gasteiger charge is -2.23. The summed E-state index contributed by atoms with van der Waals surface area (Å²) in [7, 11) is 2.17. The van der Waals surface area contributed by atoms with Gasteiger partial charge in [0.05, 0.1) is 16.1 Å². The standard InChI is InChI=1S/C24H28N4O2S/c1-26-11-4-12-27(14-13-26)18-7-9-19(10-8-18)28-16-25-20-15-21(31-23(20)24(28)30)22(29)17-5-2-3-6-17/h7-10,15-17H,2-6,11-14H2,1H3. The van der Waals surface area contributed by atoms with Crippen molar-refractivity contribution in [2.24, 2.45) is 5.92 Å². The number of nitrogens with zero attached hydrogens (tertiary/aromatic N) is 4. The number of anilines is 1. The van der Waals surface area contributed by atoms with Gasteiger partial charge >= 0.3 is 0 Å². The first kappa shape index (κ1) is 20.4. The van der Waals surface area contributed by atoms with Gasteiger partial charge < -0.3 is 9.80 Å². The fourth-order valence-electron chi connectivity index (χ4n) is 4.74. The molecule has 5 rings (SSSR count).